The molecular formula is C16H22N4O3. The Hall–Kier alpha value is -2.18. The van der Waals surface area contributed by atoms with E-state index in [2.05, 4.69) is 17.1 Å². The Bertz CT molecular complexity index is 636. The van der Waals surface area contributed by atoms with Crippen molar-refractivity contribution in [1.29, 1.82) is 0 Å². The van der Waals surface area contributed by atoms with E-state index in [-0.39, 0.29) is 29.1 Å². The van der Waals surface area contributed by atoms with Crippen LogP contribution in [0.2, 0.25) is 0 Å². The van der Waals surface area contributed by atoms with Crippen LogP contribution in [0, 0.1) is 5.92 Å². The third-order valence-corrected chi connectivity index (χ3v) is 4.79. The molecule has 2 saturated heterocycles. The summed E-state index contributed by atoms with van der Waals surface area (Å²) in [7, 11) is 0. The zero-order valence-corrected chi connectivity index (χ0v) is 13.3. The van der Waals surface area contributed by atoms with Gasteiger partial charge in [0.15, 0.2) is 0 Å². The van der Waals surface area contributed by atoms with E-state index in [9.17, 15) is 14.4 Å². The Morgan fingerprint density at radius 1 is 1.35 bits per heavy atom. The molecule has 124 valence electrons. The molecule has 1 N–H and O–H groups in total. The van der Waals surface area contributed by atoms with E-state index in [1.54, 1.807) is 4.90 Å². The molecule has 0 spiro atoms. The molecule has 1 aromatic rings. The minimum atomic E-state index is -0.318. The lowest BCUT2D eigenvalue weighted by atomic mass is 9.83. The molecule has 3 heterocycles. The van der Waals surface area contributed by atoms with Crippen molar-refractivity contribution in [2.24, 2.45) is 5.92 Å². The number of hydrogen-bond donors (Lipinski definition) is 1. The fraction of sp³-hybridized carbons (Fsp3) is 0.625. The first-order chi connectivity index (χ1) is 11.1. The van der Waals surface area contributed by atoms with Crippen molar-refractivity contribution in [3.8, 4) is 0 Å². The van der Waals surface area contributed by atoms with Gasteiger partial charge in [0.25, 0.3) is 11.5 Å². The molecule has 0 bridgehead atoms. The van der Waals surface area contributed by atoms with Crippen LogP contribution in [0.5, 0.6) is 0 Å². The van der Waals surface area contributed by atoms with Crippen LogP contribution in [0.4, 0.5) is 0 Å². The van der Waals surface area contributed by atoms with Gasteiger partial charge in [0, 0.05) is 38.2 Å². The average Bonchev–Trinajstić information content (AvgIpc) is 2.57. The van der Waals surface area contributed by atoms with E-state index >= 15 is 0 Å². The van der Waals surface area contributed by atoms with Gasteiger partial charge in [0.2, 0.25) is 5.91 Å². The number of carbonyl (C=O) groups is 2. The summed E-state index contributed by atoms with van der Waals surface area (Å²) in [4.78, 5) is 39.5. The van der Waals surface area contributed by atoms with E-state index in [1.165, 1.54) is 12.1 Å². The first kappa shape index (κ1) is 15.7. The van der Waals surface area contributed by atoms with E-state index in [0.29, 0.717) is 25.4 Å². The third kappa shape index (κ3) is 3.13. The molecule has 2 fully saturated rings. The summed E-state index contributed by atoms with van der Waals surface area (Å²) in [6.07, 6.45) is 3.18. The molecule has 2 aliphatic heterocycles. The minimum Gasteiger partial charge on any atom is -0.339 e. The maximum atomic E-state index is 12.5. The quantitative estimate of drug-likeness (QED) is 0.886. The van der Waals surface area contributed by atoms with Crippen LogP contribution >= 0.6 is 0 Å². The largest absolute Gasteiger partial charge is 0.339 e. The summed E-state index contributed by atoms with van der Waals surface area (Å²) in [5.74, 6) is 0.425. The summed E-state index contributed by atoms with van der Waals surface area (Å²) < 4.78 is 0. The van der Waals surface area contributed by atoms with Crippen LogP contribution in [0.3, 0.4) is 0 Å². The number of aromatic amines is 1. The number of fused-ring (bicyclic) bond motifs is 1. The SMILES string of the molecule is CCCN1C(=O)CC[C@H]2CN(C(=O)c3ccc(=O)[nH]n3)CC[C@H]21. The molecule has 7 nitrogen and oxygen atoms in total. The highest BCUT2D eigenvalue weighted by atomic mass is 16.2. The van der Waals surface area contributed by atoms with Crippen molar-refractivity contribution in [2.75, 3.05) is 19.6 Å². The van der Waals surface area contributed by atoms with Crippen LogP contribution < -0.4 is 5.56 Å². The Kier molecular flexibility index (Phi) is 4.45. The van der Waals surface area contributed by atoms with Gasteiger partial charge in [-0.15, -0.1) is 0 Å². The second-order valence-corrected chi connectivity index (χ2v) is 6.30. The Morgan fingerprint density at radius 2 is 2.17 bits per heavy atom. The summed E-state index contributed by atoms with van der Waals surface area (Å²) in [6.45, 7) is 4.15. The minimum absolute atomic E-state index is 0.154. The number of piperidine rings is 2. The molecule has 2 aliphatic rings. The number of H-pyrrole nitrogens is 1. The van der Waals surface area contributed by atoms with Gasteiger partial charge in [-0.25, -0.2) is 5.10 Å². The van der Waals surface area contributed by atoms with Gasteiger partial charge in [-0.2, -0.15) is 5.10 Å². The second-order valence-electron chi connectivity index (χ2n) is 6.30. The number of nitrogens with zero attached hydrogens (tertiary/aromatic N) is 3. The van der Waals surface area contributed by atoms with E-state index in [1.807, 2.05) is 4.90 Å². The van der Waals surface area contributed by atoms with Gasteiger partial charge in [-0.05, 0) is 31.2 Å². The lowest BCUT2D eigenvalue weighted by Gasteiger charge is -2.47. The lowest BCUT2D eigenvalue weighted by molar-refractivity contribution is -0.140. The predicted molar refractivity (Wildman–Crippen MR) is 83.9 cm³/mol. The fourth-order valence-electron chi connectivity index (χ4n) is 3.69. The number of nitrogens with one attached hydrogen (secondary N) is 1. The summed E-state index contributed by atoms with van der Waals surface area (Å²) in [5, 5.41) is 6.12. The Morgan fingerprint density at radius 3 is 2.87 bits per heavy atom. The van der Waals surface area contributed by atoms with Crippen LogP contribution in [0.25, 0.3) is 0 Å². The van der Waals surface area contributed by atoms with Crippen molar-refractivity contribution in [2.45, 2.75) is 38.6 Å². The van der Waals surface area contributed by atoms with Crippen LogP contribution in [0.1, 0.15) is 43.1 Å². The Labute approximate surface area is 134 Å². The van der Waals surface area contributed by atoms with Gasteiger partial charge >= 0.3 is 0 Å². The molecule has 0 radical (unpaired) electrons. The van der Waals surface area contributed by atoms with Crippen molar-refractivity contribution in [3.05, 3.63) is 28.2 Å². The fourth-order valence-corrected chi connectivity index (χ4v) is 3.69. The zero-order valence-electron chi connectivity index (χ0n) is 13.3. The maximum absolute atomic E-state index is 12.5. The van der Waals surface area contributed by atoms with Gasteiger partial charge < -0.3 is 9.80 Å². The molecule has 3 rings (SSSR count). The third-order valence-electron chi connectivity index (χ3n) is 4.79. The highest BCUT2D eigenvalue weighted by molar-refractivity contribution is 5.92. The standard InChI is InChI=1S/C16H22N4O3/c1-2-8-20-13-7-9-19(10-11(13)3-6-15(20)22)16(23)12-4-5-14(21)18-17-12/h4-5,11,13H,2-3,6-10H2,1H3,(H,18,21)/t11-,13+/m0/s1. The maximum Gasteiger partial charge on any atom is 0.274 e. The van der Waals surface area contributed by atoms with Gasteiger partial charge in [0.1, 0.15) is 5.69 Å². The smallest absolute Gasteiger partial charge is 0.274 e. The second kappa shape index (κ2) is 6.52. The number of aromatic nitrogens is 2. The van der Waals surface area contributed by atoms with Crippen molar-refractivity contribution in [1.82, 2.24) is 20.0 Å². The number of likely N-dealkylation sites (tertiary alicyclic amines) is 2. The number of amides is 2. The van der Waals surface area contributed by atoms with E-state index < -0.39 is 0 Å². The molecular weight excluding hydrogens is 296 g/mol. The molecule has 0 aromatic carbocycles. The van der Waals surface area contributed by atoms with Crippen molar-refractivity contribution < 1.29 is 9.59 Å². The Balaban J connectivity index is 1.70. The molecule has 0 aliphatic carbocycles. The van der Waals surface area contributed by atoms with Crippen molar-refractivity contribution in [3.63, 3.8) is 0 Å². The average molecular weight is 318 g/mol. The summed E-state index contributed by atoms with van der Waals surface area (Å²) in [6, 6.07) is 3.03. The van der Waals surface area contributed by atoms with Crippen LogP contribution in [0.15, 0.2) is 16.9 Å². The molecule has 2 atom stereocenters. The number of rotatable bonds is 3. The highest BCUT2D eigenvalue weighted by Gasteiger charge is 2.40. The van der Waals surface area contributed by atoms with E-state index in [4.69, 9.17) is 0 Å². The molecule has 0 unspecified atom stereocenters. The highest BCUT2D eigenvalue weighted by Crippen LogP contribution is 2.31. The van der Waals surface area contributed by atoms with Crippen LogP contribution in [-0.4, -0.2) is 57.5 Å². The first-order valence-electron chi connectivity index (χ1n) is 8.24. The van der Waals surface area contributed by atoms with Crippen LogP contribution in [-0.2, 0) is 4.79 Å². The molecule has 0 saturated carbocycles. The monoisotopic (exact) mass is 318 g/mol. The number of carbonyl (C=O) groups excluding carboxylic acids is 2. The van der Waals surface area contributed by atoms with Gasteiger partial charge in [-0.1, -0.05) is 6.92 Å². The lowest BCUT2D eigenvalue weighted by Crippen LogP contribution is -2.57. The molecule has 23 heavy (non-hydrogen) atoms. The van der Waals surface area contributed by atoms with E-state index in [0.717, 1.165) is 25.8 Å². The zero-order chi connectivity index (χ0) is 16.4. The summed E-state index contributed by atoms with van der Waals surface area (Å²) >= 11 is 0. The molecule has 2 amide bonds. The number of hydrogen-bond acceptors (Lipinski definition) is 4. The van der Waals surface area contributed by atoms with Gasteiger partial charge in [0.05, 0.1) is 0 Å². The topological polar surface area (TPSA) is 86.4 Å². The first-order valence-corrected chi connectivity index (χ1v) is 8.24. The molecule has 1 aromatic heterocycles. The van der Waals surface area contributed by atoms with Gasteiger partial charge in [-0.3, -0.25) is 14.4 Å². The predicted octanol–water partition coefficient (Wildman–Crippen LogP) is 0.633. The summed E-state index contributed by atoms with van der Waals surface area (Å²) in [5.41, 5.74) is -0.0541. The normalized spacial score (nSPS) is 24.5. The molecule has 7 heteroatoms. The van der Waals surface area contributed by atoms with Crippen molar-refractivity contribution >= 4 is 11.8 Å².